The molecule has 0 bridgehead atoms. The molecule has 0 saturated heterocycles. The summed E-state index contributed by atoms with van der Waals surface area (Å²) < 4.78 is 28.2. The molecule has 2 aromatic rings. The van der Waals surface area contributed by atoms with E-state index in [9.17, 15) is 13.2 Å². The molecule has 0 aliphatic carbocycles. The van der Waals surface area contributed by atoms with Crippen molar-refractivity contribution in [1.82, 2.24) is 4.90 Å². The second-order valence-corrected chi connectivity index (χ2v) is 8.01. The van der Waals surface area contributed by atoms with E-state index in [0.717, 1.165) is 5.56 Å². The molecule has 0 spiro atoms. The van der Waals surface area contributed by atoms with E-state index in [4.69, 9.17) is 0 Å². The Hall–Kier alpha value is -2.34. The predicted octanol–water partition coefficient (Wildman–Crippen LogP) is 3.89. The lowest BCUT2D eigenvalue weighted by molar-refractivity contribution is 0.0773. The summed E-state index contributed by atoms with van der Waals surface area (Å²) >= 11 is 0. The van der Waals surface area contributed by atoms with Gasteiger partial charge in [-0.2, -0.15) is 0 Å². The van der Waals surface area contributed by atoms with Crippen molar-refractivity contribution < 1.29 is 13.2 Å². The number of anilines is 1. The minimum atomic E-state index is -3.70. The third-order valence-corrected chi connectivity index (χ3v) is 5.99. The molecule has 2 aromatic carbocycles. The van der Waals surface area contributed by atoms with E-state index in [1.54, 1.807) is 43.0 Å². The maximum absolute atomic E-state index is 12.8. The zero-order chi connectivity index (χ0) is 19.5. The molecule has 1 amide bonds. The van der Waals surface area contributed by atoms with Crippen LogP contribution in [0.2, 0.25) is 0 Å². The summed E-state index contributed by atoms with van der Waals surface area (Å²) in [7, 11) is -3.70. The normalized spacial score (nSPS) is 11.3. The van der Waals surface area contributed by atoms with Gasteiger partial charge in [0, 0.05) is 24.3 Å². The average molecular weight is 375 g/mol. The van der Waals surface area contributed by atoms with Gasteiger partial charge in [-0.05, 0) is 70.0 Å². The summed E-state index contributed by atoms with van der Waals surface area (Å²) in [6.45, 7) is 10.6. The number of amides is 1. The summed E-state index contributed by atoms with van der Waals surface area (Å²) in [5.74, 6) is -0.0605. The van der Waals surface area contributed by atoms with Gasteiger partial charge in [0.25, 0.3) is 15.9 Å². The Morgan fingerprint density at radius 3 is 1.92 bits per heavy atom. The highest BCUT2D eigenvalue weighted by molar-refractivity contribution is 7.92. The molecule has 0 heterocycles. The minimum absolute atomic E-state index is 0.0605. The zero-order valence-electron chi connectivity index (χ0n) is 16.0. The summed E-state index contributed by atoms with van der Waals surface area (Å²) in [4.78, 5) is 14.4. The second kappa shape index (κ2) is 7.91. The highest BCUT2D eigenvalue weighted by atomic mass is 32.2. The van der Waals surface area contributed by atoms with Gasteiger partial charge in [0.1, 0.15) is 0 Å². The number of aryl methyl sites for hydroxylation is 3. The van der Waals surface area contributed by atoms with Gasteiger partial charge < -0.3 is 4.90 Å². The Morgan fingerprint density at radius 1 is 0.962 bits per heavy atom. The fourth-order valence-corrected chi connectivity index (χ4v) is 4.69. The lowest BCUT2D eigenvalue weighted by Gasteiger charge is -2.19. The van der Waals surface area contributed by atoms with E-state index in [1.165, 1.54) is 0 Å². The quantitative estimate of drug-likeness (QED) is 0.834. The van der Waals surface area contributed by atoms with Crippen LogP contribution in [0.1, 0.15) is 40.9 Å². The van der Waals surface area contributed by atoms with Crippen molar-refractivity contribution in [1.29, 1.82) is 0 Å². The Labute approximate surface area is 156 Å². The summed E-state index contributed by atoms with van der Waals surface area (Å²) in [5.41, 5.74) is 3.42. The summed E-state index contributed by atoms with van der Waals surface area (Å²) in [6.07, 6.45) is 0. The van der Waals surface area contributed by atoms with Gasteiger partial charge in [-0.15, -0.1) is 0 Å². The lowest BCUT2D eigenvalue weighted by Crippen LogP contribution is -2.30. The Kier molecular flexibility index (Phi) is 6.08. The van der Waals surface area contributed by atoms with Crippen LogP contribution in [0.15, 0.2) is 41.3 Å². The summed E-state index contributed by atoms with van der Waals surface area (Å²) in [5, 5.41) is 0. The number of benzene rings is 2. The Morgan fingerprint density at radius 2 is 1.46 bits per heavy atom. The van der Waals surface area contributed by atoms with Crippen LogP contribution in [0.4, 0.5) is 5.69 Å². The van der Waals surface area contributed by atoms with E-state index in [2.05, 4.69) is 4.72 Å². The molecular weight excluding hydrogens is 348 g/mol. The standard InChI is InChI=1S/C20H26N2O3S/c1-6-22(7-2)20(23)17-8-10-18(11-9-17)21-26(24,25)19-15(4)12-14(3)13-16(19)5/h8-13,21H,6-7H2,1-5H3. The van der Waals surface area contributed by atoms with Crippen LogP contribution in [-0.2, 0) is 10.0 Å². The van der Waals surface area contributed by atoms with E-state index in [-0.39, 0.29) is 5.91 Å². The Balaban J connectivity index is 2.27. The van der Waals surface area contributed by atoms with Gasteiger partial charge >= 0.3 is 0 Å². The first kappa shape index (κ1) is 20.0. The zero-order valence-corrected chi connectivity index (χ0v) is 16.8. The maximum atomic E-state index is 12.8. The van der Waals surface area contributed by atoms with Crippen molar-refractivity contribution in [2.24, 2.45) is 0 Å². The topological polar surface area (TPSA) is 66.5 Å². The molecule has 6 heteroatoms. The third kappa shape index (κ3) is 4.25. The second-order valence-electron chi connectivity index (χ2n) is 6.39. The molecule has 0 aliphatic heterocycles. The molecule has 5 nitrogen and oxygen atoms in total. The molecule has 26 heavy (non-hydrogen) atoms. The number of rotatable bonds is 6. The predicted molar refractivity (Wildman–Crippen MR) is 105 cm³/mol. The highest BCUT2D eigenvalue weighted by Gasteiger charge is 2.20. The fourth-order valence-electron chi connectivity index (χ4n) is 3.17. The summed E-state index contributed by atoms with van der Waals surface area (Å²) in [6, 6.07) is 10.2. The van der Waals surface area contributed by atoms with Gasteiger partial charge in [-0.1, -0.05) is 17.7 Å². The van der Waals surface area contributed by atoms with Crippen molar-refractivity contribution in [3.8, 4) is 0 Å². The van der Waals surface area contributed by atoms with Crippen molar-refractivity contribution in [2.75, 3.05) is 17.8 Å². The number of carbonyl (C=O) groups excluding carboxylic acids is 1. The smallest absolute Gasteiger partial charge is 0.262 e. The van der Waals surface area contributed by atoms with Crippen LogP contribution in [0.25, 0.3) is 0 Å². The number of hydrogen-bond acceptors (Lipinski definition) is 3. The lowest BCUT2D eigenvalue weighted by atomic mass is 10.1. The van der Waals surface area contributed by atoms with Gasteiger partial charge in [0.2, 0.25) is 0 Å². The first-order valence-corrected chi connectivity index (χ1v) is 10.2. The number of nitrogens with zero attached hydrogens (tertiary/aromatic N) is 1. The molecule has 0 atom stereocenters. The van der Waals surface area contributed by atoms with Crippen LogP contribution < -0.4 is 4.72 Å². The molecule has 0 fully saturated rings. The number of carbonyl (C=O) groups is 1. The van der Waals surface area contributed by atoms with Crippen molar-refractivity contribution in [3.63, 3.8) is 0 Å². The minimum Gasteiger partial charge on any atom is -0.339 e. The van der Waals surface area contributed by atoms with Crippen molar-refractivity contribution in [2.45, 2.75) is 39.5 Å². The molecule has 1 N–H and O–H groups in total. The first-order chi connectivity index (χ1) is 12.2. The van der Waals surface area contributed by atoms with Gasteiger partial charge in [-0.25, -0.2) is 8.42 Å². The molecule has 0 radical (unpaired) electrons. The van der Waals surface area contributed by atoms with E-state index in [1.807, 2.05) is 32.9 Å². The van der Waals surface area contributed by atoms with Crippen LogP contribution in [0.3, 0.4) is 0 Å². The van der Waals surface area contributed by atoms with Crippen molar-refractivity contribution >= 4 is 21.6 Å². The largest absolute Gasteiger partial charge is 0.339 e. The molecule has 2 rings (SSSR count). The molecule has 0 aliphatic rings. The first-order valence-electron chi connectivity index (χ1n) is 8.69. The van der Waals surface area contributed by atoms with Crippen molar-refractivity contribution in [3.05, 3.63) is 58.7 Å². The number of hydrogen-bond donors (Lipinski definition) is 1. The van der Waals surface area contributed by atoms with E-state index >= 15 is 0 Å². The average Bonchev–Trinajstić information content (AvgIpc) is 2.54. The molecule has 0 aromatic heterocycles. The van der Waals surface area contributed by atoms with Gasteiger partial charge in [-0.3, -0.25) is 9.52 Å². The van der Waals surface area contributed by atoms with Gasteiger partial charge in [0.15, 0.2) is 0 Å². The van der Waals surface area contributed by atoms with Crippen LogP contribution in [0.5, 0.6) is 0 Å². The van der Waals surface area contributed by atoms with Crippen LogP contribution in [-0.4, -0.2) is 32.3 Å². The van der Waals surface area contributed by atoms with E-state index < -0.39 is 10.0 Å². The molecule has 140 valence electrons. The van der Waals surface area contributed by atoms with E-state index in [0.29, 0.717) is 40.4 Å². The van der Waals surface area contributed by atoms with Gasteiger partial charge in [0.05, 0.1) is 4.90 Å². The molecule has 0 saturated carbocycles. The SMILES string of the molecule is CCN(CC)C(=O)c1ccc(NS(=O)(=O)c2c(C)cc(C)cc2C)cc1. The highest BCUT2D eigenvalue weighted by Crippen LogP contribution is 2.24. The monoisotopic (exact) mass is 374 g/mol. The third-order valence-electron chi connectivity index (χ3n) is 4.31. The van der Waals surface area contributed by atoms with Crippen LogP contribution in [0, 0.1) is 20.8 Å². The molecular formula is C20H26N2O3S. The Bertz CT molecular complexity index is 876. The number of sulfonamides is 1. The number of nitrogens with one attached hydrogen (secondary N) is 1. The van der Waals surface area contributed by atoms with Crippen LogP contribution >= 0.6 is 0 Å². The fraction of sp³-hybridized carbons (Fsp3) is 0.350. The molecule has 0 unspecified atom stereocenters. The maximum Gasteiger partial charge on any atom is 0.262 e.